The number of benzene rings is 2. The summed E-state index contributed by atoms with van der Waals surface area (Å²) in [5, 5.41) is 11.5. The van der Waals surface area contributed by atoms with Crippen LogP contribution in [0.15, 0.2) is 60.7 Å². The van der Waals surface area contributed by atoms with Crippen molar-refractivity contribution in [3.05, 3.63) is 66.2 Å². The van der Waals surface area contributed by atoms with Crippen LogP contribution in [0.25, 0.3) is 21.7 Å². The minimum Gasteiger partial charge on any atom is -0.545 e. The van der Waals surface area contributed by atoms with E-state index >= 15 is 0 Å². The quantitative estimate of drug-likeness (QED) is 0.649. The van der Waals surface area contributed by atoms with E-state index in [1.807, 2.05) is 60.7 Å². The van der Waals surface area contributed by atoms with Crippen LogP contribution in [0.5, 0.6) is 0 Å². The average Bonchev–Trinajstić information content (AvgIpc) is 2.94. The van der Waals surface area contributed by atoms with Gasteiger partial charge in [-0.15, -0.1) is 0 Å². The Morgan fingerprint density at radius 2 is 1.43 bits per heavy atom. The molecule has 0 spiro atoms. The van der Waals surface area contributed by atoms with Crippen LogP contribution in [-0.4, -0.2) is 10.3 Å². The van der Waals surface area contributed by atoms with Gasteiger partial charge in [0.15, 0.2) is 0 Å². The zero-order valence-electron chi connectivity index (χ0n) is 10.7. The third-order valence-corrected chi connectivity index (χ3v) is 3.88. The zero-order valence-corrected chi connectivity index (χ0v) is 13.0. The van der Waals surface area contributed by atoms with Gasteiger partial charge < -0.3 is 9.90 Å². The zero-order chi connectivity index (χ0) is 13.9. The van der Waals surface area contributed by atoms with Crippen LogP contribution in [-0.2, 0) is 22.4 Å². The van der Waals surface area contributed by atoms with Gasteiger partial charge in [-0.3, -0.25) is 0 Å². The molecule has 1 aromatic heterocycles. The molecule has 1 heterocycles. The molecule has 21 heavy (non-hydrogen) atoms. The van der Waals surface area contributed by atoms with Crippen LogP contribution < -0.4 is 5.11 Å². The first kappa shape index (κ1) is 15.7. The Bertz CT molecular complexity index is 684. The average molecular weight is 388 g/mol. The van der Waals surface area contributed by atoms with Crippen LogP contribution in [0.3, 0.4) is 0 Å². The van der Waals surface area contributed by atoms with Crippen LogP contribution >= 0.6 is 11.5 Å². The van der Waals surface area contributed by atoms with Gasteiger partial charge in [0.2, 0.25) is 0 Å². The van der Waals surface area contributed by atoms with E-state index < -0.39 is 5.97 Å². The number of hydrogen-bond donors (Lipinski definition) is 0. The smallest absolute Gasteiger partial charge is 0.545 e. The molecule has 108 valence electrons. The van der Waals surface area contributed by atoms with Gasteiger partial charge in [0.05, 0.1) is 16.5 Å². The maximum Gasteiger partial charge on any atom is 1.00 e. The molecule has 3 nitrogen and oxygen atoms in total. The number of carboxylic acid groups (broad SMARTS) is 1. The molecule has 0 radical (unpaired) electrons. The Morgan fingerprint density at radius 1 is 0.905 bits per heavy atom. The monoisotopic (exact) mass is 387 g/mol. The van der Waals surface area contributed by atoms with Gasteiger partial charge in [0.1, 0.15) is 0 Å². The second-order valence-corrected chi connectivity index (χ2v) is 5.03. The van der Waals surface area contributed by atoms with Crippen molar-refractivity contribution in [1.82, 2.24) is 4.37 Å². The molecule has 2 aromatic carbocycles. The van der Waals surface area contributed by atoms with Gasteiger partial charge >= 0.3 is 22.4 Å². The van der Waals surface area contributed by atoms with Crippen molar-refractivity contribution in [2.45, 2.75) is 0 Å². The second kappa shape index (κ2) is 6.83. The van der Waals surface area contributed by atoms with Crippen molar-refractivity contribution >= 4 is 17.5 Å². The van der Waals surface area contributed by atoms with Crippen LogP contribution in [0.4, 0.5) is 0 Å². The third kappa shape index (κ3) is 3.14. The molecule has 5 heteroatoms. The number of nitrogens with zero attached hydrogens (tertiary/aromatic N) is 1. The minimum absolute atomic E-state index is 0. The predicted molar refractivity (Wildman–Crippen MR) is 77.3 cm³/mol. The molecular formula is C16H10AgNO2S. The maximum atomic E-state index is 11.5. The Balaban J connectivity index is 0.00000161. The Labute approximate surface area is 142 Å². The molecular weight excluding hydrogens is 378 g/mol. The van der Waals surface area contributed by atoms with Gasteiger partial charge in [-0.1, -0.05) is 60.7 Å². The van der Waals surface area contributed by atoms with Crippen LogP contribution in [0, 0.1) is 0 Å². The standard InChI is InChI=1S/C16H11NO2S.Ag/c18-16(19)13-14(11-7-3-1-4-8-11)17-20-15(13)12-9-5-2-6-10-12;/h1-10H,(H,18,19);/q;+1/p-1. The maximum absolute atomic E-state index is 11.5. The van der Waals surface area contributed by atoms with Crippen molar-refractivity contribution in [3.8, 4) is 21.7 Å². The molecule has 3 rings (SSSR count). The summed E-state index contributed by atoms with van der Waals surface area (Å²) < 4.78 is 4.30. The number of aromatic carboxylic acids is 1. The molecule has 0 atom stereocenters. The molecule has 0 aliphatic heterocycles. The van der Waals surface area contributed by atoms with Crippen molar-refractivity contribution < 1.29 is 32.3 Å². The summed E-state index contributed by atoms with van der Waals surface area (Å²) in [5.74, 6) is -1.20. The minimum atomic E-state index is -1.20. The fourth-order valence-electron chi connectivity index (χ4n) is 2.06. The predicted octanol–water partition coefficient (Wildman–Crippen LogP) is 2.84. The Kier molecular flexibility index (Phi) is 5.09. The summed E-state index contributed by atoms with van der Waals surface area (Å²) in [5.41, 5.74) is 2.25. The number of carboxylic acids is 1. The first-order chi connectivity index (χ1) is 9.77. The SMILES string of the molecule is O=C([O-])c1c(-c2ccccc2)nsc1-c1ccccc1.[Ag+]. The molecule has 0 bridgehead atoms. The molecule has 0 saturated carbocycles. The molecule has 0 aliphatic carbocycles. The summed E-state index contributed by atoms with van der Waals surface area (Å²) in [7, 11) is 0. The number of rotatable bonds is 3. The summed E-state index contributed by atoms with van der Waals surface area (Å²) >= 11 is 1.18. The molecule has 0 saturated heterocycles. The van der Waals surface area contributed by atoms with Crippen molar-refractivity contribution in [2.75, 3.05) is 0 Å². The summed E-state index contributed by atoms with van der Waals surface area (Å²) in [4.78, 5) is 12.1. The van der Waals surface area contributed by atoms with Crippen LogP contribution in [0.2, 0.25) is 0 Å². The van der Waals surface area contributed by atoms with Crippen molar-refractivity contribution in [1.29, 1.82) is 0 Å². The first-order valence-electron chi connectivity index (χ1n) is 6.09. The van der Waals surface area contributed by atoms with Gasteiger partial charge in [-0.25, -0.2) is 0 Å². The van der Waals surface area contributed by atoms with E-state index in [2.05, 4.69) is 4.37 Å². The van der Waals surface area contributed by atoms with Crippen LogP contribution in [0.1, 0.15) is 10.4 Å². The Hall–Kier alpha value is -1.72. The van der Waals surface area contributed by atoms with E-state index in [1.54, 1.807) is 0 Å². The summed E-state index contributed by atoms with van der Waals surface area (Å²) in [6.07, 6.45) is 0. The van der Waals surface area contributed by atoms with E-state index in [0.717, 1.165) is 11.1 Å². The van der Waals surface area contributed by atoms with Gasteiger partial charge in [-0.2, -0.15) is 4.37 Å². The van der Waals surface area contributed by atoms with Crippen molar-refractivity contribution in [3.63, 3.8) is 0 Å². The fraction of sp³-hybridized carbons (Fsp3) is 0. The molecule has 0 amide bonds. The number of hydrogen-bond acceptors (Lipinski definition) is 4. The number of carbonyl (C=O) groups is 1. The topological polar surface area (TPSA) is 53.0 Å². The summed E-state index contributed by atoms with van der Waals surface area (Å²) in [6.45, 7) is 0. The first-order valence-corrected chi connectivity index (χ1v) is 6.86. The van der Waals surface area contributed by atoms with E-state index in [-0.39, 0.29) is 27.9 Å². The molecule has 0 unspecified atom stereocenters. The second-order valence-electron chi connectivity index (χ2n) is 4.25. The van der Waals surface area contributed by atoms with Gasteiger partial charge in [0.25, 0.3) is 0 Å². The van der Waals surface area contributed by atoms with E-state index in [9.17, 15) is 9.90 Å². The number of carbonyl (C=O) groups excluding carboxylic acids is 1. The van der Waals surface area contributed by atoms with Gasteiger partial charge in [-0.05, 0) is 17.1 Å². The third-order valence-electron chi connectivity index (χ3n) is 2.98. The van der Waals surface area contributed by atoms with E-state index in [0.29, 0.717) is 10.6 Å². The largest absolute Gasteiger partial charge is 1.00 e. The molecule has 0 fully saturated rings. The normalized spacial score (nSPS) is 9.90. The van der Waals surface area contributed by atoms with E-state index in [1.165, 1.54) is 11.5 Å². The fourth-order valence-corrected chi connectivity index (χ4v) is 2.95. The van der Waals surface area contributed by atoms with Crippen molar-refractivity contribution in [2.24, 2.45) is 0 Å². The van der Waals surface area contributed by atoms with E-state index in [4.69, 9.17) is 0 Å². The summed E-state index contributed by atoms with van der Waals surface area (Å²) in [6, 6.07) is 18.7. The molecule has 3 aromatic rings. The number of aromatic nitrogens is 1. The Morgan fingerprint density at radius 3 is 1.95 bits per heavy atom. The van der Waals surface area contributed by atoms with Gasteiger partial charge in [0, 0.05) is 11.1 Å². The molecule has 0 aliphatic rings. The molecule has 0 N–H and O–H groups in total.